The Labute approximate surface area is 174 Å². The molecule has 15 heavy (non-hydrogen) atoms. The molecule has 0 amide bonds. The fraction of sp³-hybridized carbons (Fsp3) is 0.750. The molecule has 0 aliphatic rings. The summed E-state index contributed by atoms with van der Waals surface area (Å²) < 4.78 is 4.81. The summed E-state index contributed by atoms with van der Waals surface area (Å²) in [5, 5.41) is 20.1. The molecule has 0 radical (unpaired) electrons. The molecule has 0 aromatic carbocycles. The molecule has 0 aliphatic heterocycles. The molecule has 0 rings (SSSR count). The monoisotopic (exact) mass is 266 g/mol. The van der Waals surface area contributed by atoms with Crippen LogP contribution in [0.25, 0.3) is 0 Å². The Morgan fingerprint density at radius 2 is 1.73 bits per heavy atom. The van der Waals surface area contributed by atoms with Crippen molar-refractivity contribution in [2.24, 2.45) is 0 Å². The molecule has 0 heterocycles. The number of hydrogen-bond acceptors (Lipinski definition) is 5. The molecule has 0 aromatic heterocycles. The zero-order chi connectivity index (χ0) is 10.3. The number of unbranched alkanes of at least 4 members (excludes halogenated alkanes) is 1. The van der Waals surface area contributed by atoms with E-state index in [9.17, 15) is 19.8 Å². The van der Waals surface area contributed by atoms with Crippen molar-refractivity contribution in [3.8, 4) is 0 Å². The number of hydrogen-bond donors (Lipinski definition) is 0. The first kappa shape index (κ1) is 22.4. The van der Waals surface area contributed by atoms with Crippen molar-refractivity contribution in [1.82, 2.24) is 0 Å². The second-order valence-electron chi connectivity index (χ2n) is 2.66. The van der Waals surface area contributed by atoms with E-state index in [4.69, 9.17) is 4.74 Å². The molecule has 1 unspecified atom stereocenters. The molecule has 0 fully saturated rings. The molecular weight excluding hydrogens is 254 g/mol. The Morgan fingerprint density at radius 1 is 1.20 bits per heavy atom. The fourth-order valence-corrected chi connectivity index (χ4v) is 0.700. The summed E-state index contributed by atoms with van der Waals surface area (Å²) >= 11 is 0. The van der Waals surface area contributed by atoms with Crippen LogP contribution in [0.4, 0.5) is 0 Å². The third-order valence-electron chi connectivity index (χ3n) is 1.48. The predicted octanol–water partition coefficient (Wildman–Crippen LogP) is -7.93. The molecule has 0 N–H and O–H groups in total. The van der Waals surface area contributed by atoms with Gasteiger partial charge in [-0.1, -0.05) is 0 Å². The molecule has 0 saturated carbocycles. The summed E-state index contributed by atoms with van der Waals surface area (Å²) in [6.45, 7) is 1.59. The molecule has 0 aromatic rings. The molecule has 5 nitrogen and oxygen atoms in total. The van der Waals surface area contributed by atoms with Crippen LogP contribution in [-0.2, 0) is 14.3 Å². The van der Waals surface area contributed by atoms with E-state index in [2.05, 4.69) is 0 Å². The van der Waals surface area contributed by atoms with Gasteiger partial charge >= 0.3 is 103 Å². The Bertz CT molecular complexity index is 186. The summed E-state index contributed by atoms with van der Waals surface area (Å²) in [4.78, 5) is 20.1. The van der Waals surface area contributed by atoms with E-state index in [1.807, 2.05) is 0 Å². The van der Waals surface area contributed by atoms with Crippen molar-refractivity contribution in [2.45, 2.75) is 32.3 Å². The van der Waals surface area contributed by atoms with Crippen molar-refractivity contribution in [3.63, 3.8) is 0 Å². The van der Waals surface area contributed by atoms with Crippen molar-refractivity contribution in [1.29, 1.82) is 0 Å². The summed E-state index contributed by atoms with van der Waals surface area (Å²) in [5.41, 5.74) is 0. The number of carbonyl (C=O) groups is 2. The van der Waals surface area contributed by atoms with Gasteiger partial charge in [0.2, 0.25) is 0 Å². The molecule has 0 saturated heterocycles. The summed E-state index contributed by atoms with van der Waals surface area (Å²) in [7, 11) is 0. The maximum atomic E-state index is 10.1. The second-order valence-corrected chi connectivity index (χ2v) is 2.66. The molecule has 7 heteroatoms. The Balaban J connectivity index is -0.000000720. The predicted molar refractivity (Wildman–Crippen MR) is 39.3 cm³/mol. The second kappa shape index (κ2) is 14.2. The first-order chi connectivity index (χ1) is 6.04. The molecular formula is C8H12K2O5. The van der Waals surface area contributed by atoms with Crippen LogP contribution in [-0.4, -0.2) is 24.6 Å². The number of carbonyl (C=O) groups excluding carboxylic acids is 2. The van der Waals surface area contributed by atoms with Gasteiger partial charge in [-0.15, -0.1) is 0 Å². The van der Waals surface area contributed by atoms with Crippen LogP contribution in [0.1, 0.15) is 26.2 Å². The van der Waals surface area contributed by atoms with E-state index < -0.39 is 18.0 Å². The average Bonchev–Trinajstić information content (AvgIpc) is 2.02. The SMILES string of the molecule is CC(OCCCCC(=O)[O-])C(=O)[O-].[K+].[K+]. The normalized spacial score (nSPS) is 10.7. The molecule has 1 atom stereocenters. The van der Waals surface area contributed by atoms with Crippen molar-refractivity contribution < 1.29 is 127 Å². The summed E-state index contributed by atoms with van der Waals surface area (Å²) in [6, 6.07) is 0. The van der Waals surface area contributed by atoms with Crippen LogP contribution in [0.5, 0.6) is 0 Å². The van der Waals surface area contributed by atoms with Crippen LogP contribution >= 0.6 is 0 Å². The largest absolute Gasteiger partial charge is 1.00 e. The Hall–Kier alpha value is 2.17. The van der Waals surface area contributed by atoms with E-state index in [-0.39, 0.29) is 116 Å². The van der Waals surface area contributed by atoms with Gasteiger partial charge < -0.3 is 24.5 Å². The maximum Gasteiger partial charge on any atom is 1.00 e. The van der Waals surface area contributed by atoms with Gasteiger partial charge in [0.1, 0.15) is 0 Å². The van der Waals surface area contributed by atoms with Gasteiger partial charge in [0.15, 0.2) is 0 Å². The van der Waals surface area contributed by atoms with Gasteiger partial charge in [-0.3, -0.25) is 0 Å². The fourth-order valence-electron chi connectivity index (χ4n) is 0.700. The van der Waals surface area contributed by atoms with Gasteiger partial charge in [0.25, 0.3) is 0 Å². The summed E-state index contributed by atoms with van der Waals surface area (Å²) in [6.07, 6.45) is -0.0283. The Kier molecular flexibility index (Phi) is 21.2. The van der Waals surface area contributed by atoms with E-state index >= 15 is 0 Å². The Morgan fingerprint density at radius 3 is 2.13 bits per heavy atom. The molecule has 0 spiro atoms. The average molecular weight is 266 g/mol. The number of aliphatic carboxylic acids is 2. The van der Waals surface area contributed by atoms with Crippen LogP contribution < -0.4 is 113 Å². The van der Waals surface area contributed by atoms with Crippen LogP contribution in [0.2, 0.25) is 0 Å². The molecule has 0 bridgehead atoms. The summed E-state index contributed by atoms with van der Waals surface area (Å²) in [5.74, 6) is -2.37. The van der Waals surface area contributed by atoms with Crippen molar-refractivity contribution in [3.05, 3.63) is 0 Å². The first-order valence-corrected chi connectivity index (χ1v) is 4.06. The van der Waals surface area contributed by atoms with Gasteiger partial charge in [-0.2, -0.15) is 0 Å². The van der Waals surface area contributed by atoms with E-state index in [1.165, 1.54) is 6.92 Å². The van der Waals surface area contributed by atoms with Gasteiger partial charge in [-0.05, 0) is 26.2 Å². The van der Waals surface area contributed by atoms with E-state index in [1.54, 1.807) is 0 Å². The number of rotatable bonds is 7. The van der Waals surface area contributed by atoms with Crippen LogP contribution in [0.15, 0.2) is 0 Å². The minimum absolute atomic E-state index is 0. The van der Waals surface area contributed by atoms with Gasteiger partial charge in [0.05, 0.1) is 12.1 Å². The van der Waals surface area contributed by atoms with Gasteiger partial charge in [0, 0.05) is 12.6 Å². The van der Waals surface area contributed by atoms with E-state index in [0.717, 1.165) is 0 Å². The van der Waals surface area contributed by atoms with E-state index in [0.29, 0.717) is 12.8 Å². The zero-order valence-corrected chi connectivity index (χ0v) is 15.7. The standard InChI is InChI=1S/C8H14O5.2K/c1-6(8(11)12)13-5-3-2-4-7(9)10;;/h6H,2-5H2,1H3,(H,9,10)(H,11,12);;/q;2*+1/p-2. The third-order valence-corrected chi connectivity index (χ3v) is 1.48. The number of carboxylic acid groups (broad SMARTS) is 2. The van der Waals surface area contributed by atoms with Crippen molar-refractivity contribution in [2.75, 3.05) is 6.61 Å². The van der Waals surface area contributed by atoms with Crippen molar-refractivity contribution >= 4 is 11.9 Å². The third kappa shape index (κ3) is 16.2. The zero-order valence-electron chi connectivity index (χ0n) is 9.45. The topological polar surface area (TPSA) is 89.5 Å². The quantitative estimate of drug-likeness (QED) is 0.337. The van der Waals surface area contributed by atoms with Gasteiger partial charge in [-0.25, -0.2) is 0 Å². The molecule has 76 valence electrons. The number of carboxylic acids is 2. The van der Waals surface area contributed by atoms with Crippen LogP contribution in [0.3, 0.4) is 0 Å². The number of ether oxygens (including phenoxy) is 1. The first-order valence-electron chi connectivity index (χ1n) is 4.06. The van der Waals surface area contributed by atoms with Crippen LogP contribution in [0, 0.1) is 0 Å². The smallest absolute Gasteiger partial charge is 0.550 e. The minimum atomic E-state index is -1.26. The minimum Gasteiger partial charge on any atom is -0.550 e. The maximum absolute atomic E-state index is 10.1. The molecule has 0 aliphatic carbocycles.